The topological polar surface area (TPSA) is 84.2 Å². The molecular formula is C19H17N3O3. The molecule has 2 aromatic carbocycles. The summed E-state index contributed by atoms with van der Waals surface area (Å²) in [6.07, 6.45) is 5.03. The van der Waals surface area contributed by atoms with Crippen LogP contribution in [0.25, 0.3) is 0 Å². The Labute approximate surface area is 144 Å². The molecule has 3 aromatic rings. The summed E-state index contributed by atoms with van der Waals surface area (Å²) in [6, 6.07) is 14.5. The van der Waals surface area contributed by atoms with Crippen molar-refractivity contribution >= 4 is 12.0 Å². The normalized spacial score (nSPS) is 10.4. The Morgan fingerprint density at radius 3 is 2.56 bits per heavy atom. The molecule has 0 unspecified atom stereocenters. The third-order valence-electron chi connectivity index (χ3n) is 3.82. The number of aromatic carboxylic acids is 1. The Kier molecular flexibility index (Phi) is 4.89. The molecule has 6 heteroatoms. The zero-order valence-electron chi connectivity index (χ0n) is 13.4. The Hall–Kier alpha value is -3.41. The lowest BCUT2D eigenvalue weighted by Gasteiger charge is -2.11. The second kappa shape index (κ2) is 7.44. The summed E-state index contributed by atoms with van der Waals surface area (Å²) in [5.41, 5.74) is 2.86. The van der Waals surface area contributed by atoms with Gasteiger partial charge in [0.05, 0.1) is 5.56 Å². The van der Waals surface area contributed by atoms with Crippen molar-refractivity contribution in [2.75, 3.05) is 0 Å². The lowest BCUT2D eigenvalue weighted by atomic mass is 9.97. The molecule has 0 atom stereocenters. The van der Waals surface area contributed by atoms with Gasteiger partial charge in [0.15, 0.2) is 0 Å². The average Bonchev–Trinajstić information content (AvgIpc) is 3.15. The van der Waals surface area contributed by atoms with Gasteiger partial charge in [0.2, 0.25) is 0 Å². The van der Waals surface area contributed by atoms with E-state index in [-0.39, 0.29) is 11.6 Å². The molecular weight excluding hydrogens is 318 g/mol. The molecule has 0 aliphatic rings. The van der Waals surface area contributed by atoms with Crippen molar-refractivity contribution in [3.8, 4) is 0 Å². The highest BCUT2D eigenvalue weighted by molar-refractivity contribution is 5.89. The number of carbonyl (C=O) groups excluding carboxylic acids is 1. The van der Waals surface area contributed by atoms with E-state index in [0.29, 0.717) is 18.5 Å². The van der Waals surface area contributed by atoms with Crippen molar-refractivity contribution in [1.82, 2.24) is 14.9 Å². The van der Waals surface area contributed by atoms with Gasteiger partial charge in [-0.05, 0) is 29.2 Å². The van der Waals surface area contributed by atoms with Gasteiger partial charge < -0.3 is 10.4 Å². The van der Waals surface area contributed by atoms with E-state index in [2.05, 4.69) is 10.3 Å². The summed E-state index contributed by atoms with van der Waals surface area (Å²) in [4.78, 5) is 27.2. The average molecular weight is 335 g/mol. The van der Waals surface area contributed by atoms with Gasteiger partial charge in [-0.2, -0.15) is 0 Å². The number of hydrogen-bond acceptors (Lipinski definition) is 3. The van der Waals surface area contributed by atoms with E-state index >= 15 is 0 Å². The largest absolute Gasteiger partial charge is 0.478 e. The number of carbonyl (C=O) groups is 2. The van der Waals surface area contributed by atoms with Crippen LogP contribution in [0.1, 0.15) is 27.0 Å². The predicted octanol–water partition coefficient (Wildman–Crippen LogP) is 2.93. The Balaban J connectivity index is 1.78. The fourth-order valence-corrected chi connectivity index (χ4v) is 2.58. The molecule has 0 radical (unpaired) electrons. The van der Waals surface area contributed by atoms with Crippen molar-refractivity contribution in [3.63, 3.8) is 0 Å². The molecule has 0 fully saturated rings. The molecule has 6 nitrogen and oxygen atoms in total. The summed E-state index contributed by atoms with van der Waals surface area (Å²) < 4.78 is 1.34. The molecule has 126 valence electrons. The number of rotatable bonds is 5. The van der Waals surface area contributed by atoms with Gasteiger partial charge in [-0.25, -0.2) is 14.6 Å². The maximum atomic E-state index is 11.9. The van der Waals surface area contributed by atoms with Gasteiger partial charge in [0, 0.05) is 18.9 Å². The van der Waals surface area contributed by atoms with Crippen molar-refractivity contribution in [3.05, 3.63) is 89.5 Å². The van der Waals surface area contributed by atoms with Crippen LogP contribution in [0.5, 0.6) is 0 Å². The number of benzene rings is 2. The van der Waals surface area contributed by atoms with Gasteiger partial charge in [-0.3, -0.25) is 4.57 Å². The van der Waals surface area contributed by atoms with E-state index in [4.69, 9.17) is 0 Å². The van der Waals surface area contributed by atoms with Crippen LogP contribution < -0.4 is 5.32 Å². The Morgan fingerprint density at radius 2 is 1.88 bits per heavy atom. The highest BCUT2D eigenvalue weighted by atomic mass is 16.4. The first-order valence-electron chi connectivity index (χ1n) is 7.78. The number of amides is 1. The minimum Gasteiger partial charge on any atom is -0.478 e. The smallest absolute Gasteiger partial charge is 0.335 e. The lowest BCUT2D eigenvalue weighted by molar-refractivity contribution is 0.0696. The Bertz CT molecular complexity index is 874. The van der Waals surface area contributed by atoms with Gasteiger partial charge >= 0.3 is 12.0 Å². The predicted molar refractivity (Wildman–Crippen MR) is 92.5 cm³/mol. The quantitative estimate of drug-likeness (QED) is 0.751. The van der Waals surface area contributed by atoms with Gasteiger partial charge in [-0.1, -0.05) is 42.5 Å². The first kappa shape index (κ1) is 16.4. The molecule has 0 aliphatic carbocycles. The summed E-state index contributed by atoms with van der Waals surface area (Å²) in [6.45, 7) is 0.304. The van der Waals surface area contributed by atoms with Crippen molar-refractivity contribution < 1.29 is 14.7 Å². The standard InChI is InChI=1S/C19H17N3O3/c23-18(24)17-7-6-15(12-21-19(25)22-9-8-20-13-22)11-16(17)10-14-4-2-1-3-5-14/h1-9,11,13H,10,12H2,(H,21,25)(H,23,24). The number of carboxylic acids is 1. The molecule has 0 bridgehead atoms. The Morgan fingerprint density at radius 1 is 1.08 bits per heavy atom. The summed E-state index contributed by atoms with van der Waals surface area (Å²) in [7, 11) is 0. The maximum Gasteiger partial charge on any atom is 0.335 e. The van der Waals surface area contributed by atoms with E-state index < -0.39 is 5.97 Å². The molecule has 0 spiro atoms. The second-order valence-corrected chi connectivity index (χ2v) is 5.59. The molecule has 25 heavy (non-hydrogen) atoms. The number of hydrogen-bond donors (Lipinski definition) is 2. The van der Waals surface area contributed by atoms with E-state index in [9.17, 15) is 14.7 Å². The summed E-state index contributed by atoms with van der Waals surface area (Å²) >= 11 is 0. The maximum absolute atomic E-state index is 11.9. The van der Waals surface area contributed by atoms with Crippen LogP contribution in [0, 0.1) is 0 Å². The molecule has 2 N–H and O–H groups in total. The highest BCUT2D eigenvalue weighted by Gasteiger charge is 2.12. The molecule has 0 aliphatic heterocycles. The van der Waals surface area contributed by atoms with Crippen molar-refractivity contribution in [2.24, 2.45) is 0 Å². The fraction of sp³-hybridized carbons (Fsp3) is 0.105. The second-order valence-electron chi connectivity index (χ2n) is 5.59. The fourth-order valence-electron chi connectivity index (χ4n) is 2.58. The zero-order chi connectivity index (χ0) is 17.6. The van der Waals surface area contributed by atoms with Crippen molar-refractivity contribution in [1.29, 1.82) is 0 Å². The van der Waals surface area contributed by atoms with E-state index in [0.717, 1.165) is 11.1 Å². The van der Waals surface area contributed by atoms with Gasteiger partial charge in [0.1, 0.15) is 6.33 Å². The number of imidazole rings is 1. The number of nitrogens with one attached hydrogen (secondary N) is 1. The van der Waals surface area contributed by atoms with Gasteiger partial charge in [0.25, 0.3) is 0 Å². The van der Waals surface area contributed by atoms with Crippen LogP contribution in [0.3, 0.4) is 0 Å². The summed E-state index contributed by atoms with van der Waals surface area (Å²) in [5, 5.41) is 12.2. The van der Waals surface area contributed by atoms with E-state index in [1.54, 1.807) is 18.3 Å². The van der Waals surface area contributed by atoms with Crippen LogP contribution >= 0.6 is 0 Å². The first-order chi connectivity index (χ1) is 12.1. The van der Waals surface area contributed by atoms with Crippen LogP contribution in [0.4, 0.5) is 4.79 Å². The molecule has 3 rings (SSSR count). The minimum atomic E-state index is -0.958. The SMILES string of the molecule is O=C(O)c1ccc(CNC(=O)n2ccnc2)cc1Cc1ccccc1. The highest BCUT2D eigenvalue weighted by Crippen LogP contribution is 2.17. The minimum absolute atomic E-state index is 0.272. The number of aromatic nitrogens is 2. The lowest BCUT2D eigenvalue weighted by Crippen LogP contribution is -2.27. The third kappa shape index (κ3) is 4.11. The molecule has 1 amide bonds. The molecule has 1 aromatic heterocycles. The van der Waals surface area contributed by atoms with Crippen molar-refractivity contribution in [2.45, 2.75) is 13.0 Å². The monoisotopic (exact) mass is 335 g/mol. The summed E-state index contributed by atoms with van der Waals surface area (Å²) in [5.74, 6) is -0.958. The van der Waals surface area contributed by atoms with Crippen LogP contribution in [0.15, 0.2) is 67.3 Å². The number of nitrogens with zero attached hydrogens (tertiary/aromatic N) is 2. The van der Waals surface area contributed by atoms with E-state index in [1.807, 2.05) is 36.4 Å². The van der Waals surface area contributed by atoms with Gasteiger partial charge in [-0.15, -0.1) is 0 Å². The zero-order valence-corrected chi connectivity index (χ0v) is 13.4. The van der Waals surface area contributed by atoms with Crippen LogP contribution in [-0.2, 0) is 13.0 Å². The van der Waals surface area contributed by atoms with Crippen LogP contribution in [-0.4, -0.2) is 26.7 Å². The molecule has 0 saturated carbocycles. The van der Waals surface area contributed by atoms with Crippen LogP contribution in [0.2, 0.25) is 0 Å². The number of carboxylic acid groups (broad SMARTS) is 1. The molecule has 0 saturated heterocycles. The third-order valence-corrected chi connectivity index (χ3v) is 3.82. The van der Waals surface area contributed by atoms with E-state index in [1.165, 1.54) is 17.1 Å². The molecule has 1 heterocycles. The first-order valence-corrected chi connectivity index (χ1v) is 7.78.